The van der Waals surface area contributed by atoms with E-state index in [2.05, 4.69) is 63.1 Å². The summed E-state index contributed by atoms with van der Waals surface area (Å²) in [7, 11) is 3.66. The molecule has 3 fully saturated rings. The molecule has 0 aliphatic carbocycles. The lowest BCUT2D eigenvalue weighted by Gasteiger charge is -2.36. The van der Waals surface area contributed by atoms with Crippen molar-refractivity contribution < 1.29 is 127 Å². The zero-order chi connectivity index (χ0) is 98.5. The molecular weight excluding hydrogens is 1770 g/mol. The van der Waals surface area contributed by atoms with Crippen molar-refractivity contribution >= 4 is 152 Å². The van der Waals surface area contributed by atoms with E-state index >= 15 is 33.6 Å². The summed E-state index contributed by atoms with van der Waals surface area (Å²) >= 11 is 0.672. The van der Waals surface area contributed by atoms with Gasteiger partial charge in [-0.1, -0.05) is 88.1 Å². The Morgan fingerprint density at radius 2 is 0.955 bits per heavy atom. The number of phenols is 1. The van der Waals surface area contributed by atoms with Crippen molar-refractivity contribution in [2.75, 3.05) is 58.8 Å². The molecule has 728 valence electrons. The topological polar surface area (TPSA) is 683 Å². The van der Waals surface area contributed by atoms with Crippen molar-refractivity contribution in [2.24, 2.45) is 11.5 Å². The smallest absolute Gasteiger partial charge is 0.305 e. The summed E-state index contributed by atoms with van der Waals surface area (Å²) in [5, 5.41) is 87.9. The number of aromatic hydroxyl groups is 1. The first-order chi connectivity index (χ1) is 63.6. The van der Waals surface area contributed by atoms with Crippen molar-refractivity contribution in [2.45, 2.75) is 233 Å². The summed E-state index contributed by atoms with van der Waals surface area (Å²) in [6.45, 7) is 2.34. The number of phenolic OH excluding ortho intramolecular Hbond substituents is 1. The number of carbonyl (C=O) groups excluding carboxylic acids is 16. The second-order valence-corrected chi connectivity index (χ2v) is 34.4. The number of unbranched alkanes of at least 4 members (excludes halogenated alkanes) is 2. The third-order valence-electron chi connectivity index (χ3n) is 23.6. The molecule has 3 aliphatic heterocycles. The first-order valence-corrected chi connectivity index (χ1v) is 45.2. The third-order valence-corrected chi connectivity index (χ3v) is 24.7. The van der Waals surface area contributed by atoms with E-state index in [0.717, 1.165) is 31.5 Å². The van der Waals surface area contributed by atoms with Crippen LogP contribution < -0.4 is 64.6 Å². The average Bonchev–Trinajstić information content (AvgIpc) is 1.55. The number of rotatable bonds is 27. The van der Waals surface area contributed by atoms with Crippen LogP contribution in [0.5, 0.6) is 5.75 Å². The Kier molecular flexibility index (Phi) is 39.5. The van der Waals surface area contributed by atoms with Gasteiger partial charge in [-0.15, -0.1) is 11.8 Å². The van der Waals surface area contributed by atoms with E-state index in [1.807, 2.05) is 0 Å². The number of primary amides is 1. The summed E-state index contributed by atoms with van der Waals surface area (Å²) in [6.07, 6.45) is -4.59. The highest BCUT2D eigenvalue weighted by molar-refractivity contribution is 8.00. The van der Waals surface area contributed by atoms with Crippen LogP contribution in [0.15, 0.2) is 85.2 Å². The van der Waals surface area contributed by atoms with Crippen molar-refractivity contribution in [1.82, 2.24) is 87.6 Å². The number of aliphatic carboxylic acids is 4. The third kappa shape index (κ3) is 29.6. The van der Waals surface area contributed by atoms with Gasteiger partial charge in [-0.05, 0) is 92.8 Å². The van der Waals surface area contributed by atoms with Gasteiger partial charge in [-0.3, -0.25) is 95.9 Å². The number of aromatic nitrogens is 2. The molecule has 3 aliphatic rings. The first kappa shape index (κ1) is 106. The highest BCUT2D eigenvalue weighted by Gasteiger charge is 2.47. The Balaban J connectivity index is 1.21. The number of nitrogens with one attached hydrogen (secondary N) is 12. The molecule has 5 heterocycles. The number of aromatic amines is 2. The van der Waals surface area contributed by atoms with Gasteiger partial charge in [-0.25, -0.2) is 0 Å². The van der Waals surface area contributed by atoms with Crippen LogP contribution in [-0.2, 0) is 115 Å². The maximum absolute atomic E-state index is 15.8. The lowest BCUT2D eigenvalue weighted by Crippen LogP contribution is -2.61. The second kappa shape index (κ2) is 50.2. The van der Waals surface area contributed by atoms with Gasteiger partial charge < -0.3 is 130 Å². The highest BCUT2D eigenvalue weighted by Crippen LogP contribution is 2.28. The zero-order valence-electron chi connectivity index (χ0n) is 75.1. The summed E-state index contributed by atoms with van der Waals surface area (Å²) in [5.74, 6) is -24.6. The zero-order valence-corrected chi connectivity index (χ0v) is 75.9. The minimum atomic E-state index is -1.97. The van der Waals surface area contributed by atoms with Crippen LogP contribution in [0.4, 0.5) is 0 Å². The molecule has 3 saturated heterocycles. The molecule has 16 amide bonds. The quantitative estimate of drug-likeness (QED) is 0.0248. The van der Waals surface area contributed by atoms with E-state index in [1.54, 1.807) is 68.6 Å². The van der Waals surface area contributed by atoms with E-state index in [0.29, 0.717) is 63.1 Å². The normalized spacial score (nSPS) is 24.8. The number of para-hydroxylation sites is 2. The molecule has 0 radical (unpaired) electrons. The van der Waals surface area contributed by atoms with Gasteiger partial charge in [-0.2, -0.15) is 0 Å². The van der Waals surface area contributed by atoms with Crippen LogP contribution in [0, 0.1) is 0 Å². The van der Waals surface area contributed by atoms with E-state index in [1.165, 1.54) is 51.5 Å². The number of likely N-dealkylation sites (N-methyl/N-ethyl adjacent to an activating group) is 3. The summed E-state index contributed by atoms with van der Waals surface area (Å²) in [4.78, 5) is 296. The maximum Gasteiger partial charge on any atom is 0.305 e. The van der Waals surface area contributed by atoms with E-state index in [-0.39, 0.29) is 63.7 Å². The number of H-pyrrole nitrogens is 2. The predicted octanol–water partition coefficient (Wildman–Crippen LogP) is -3.04. The summed E-state index contributed by atoms with van der Waals surface area (Å²) < 4.78 is 0. The molecule has 3 aromatic carbocycles. The molecular formula is C88H119N19O26S. The SMILES string of the molecule is CCCC[C@H]1C(=O)N(C)[C@@H](CCCC)C(=O)N[C@@H](CCC(=O)O)C(=O)N[C@H](C(=O)NCC(N)=O)CSCC(=O)N[C@@H](Cc2ccc(O)cc2)C(=O)N(C)[C@@H](C)C(=O)N[C@@H](CC(=O)O)C(=O)N2CCC[C@H]2C(=O)N[C@@H](CN)C(=O)N[C@@H](CCC(=O)O)C(=O)N2C[C@H](O)C[C@H]2C(=O)N[C@@H](Cc2c[nH]c3ccccc23)C(=O)N[C@@H](CCC(=O)O)C(=O)N[C@@H](Cc2c[nH]c3ccccc23)C(=O)N1C. The Bertz CT molecular complexity index is 5130. The monoisotopic (exact) mass is 1890 g/mol. The van der Waals surface area contributed by atoms with Gasteiger partial charge in [0.2, 0.25) is 94.5 Å². The number of nitrogens with zero attached hydrogens (tertiary/aromatic N) is 5. The lowest BCUT2D eigenvalue weighted by atomic mass is 9.99. The van der Waals surface area contributed by atoms with Gasteiger partial charge >= 0.3 is 23.9 Å². The van der Waals surface area contributed by atoms with Gasteiger partial charge in [0.1, 0.15) is 90.3 Å². The van der Waals surface area contributed by atoms with E-state index < -0.39 is 298 Å². The molecule has 0 saturated carbocycles. The number of carbonyl (C=O) groups is 20. The van der Waals surface area contributed by atoms with E-state index in [9.17, 15) is 93.0 Å². The molecule has 134 heavy (non-hydrogen) atoms. The summed E-state index contributed by atoms with van der Waals surface area (Å²) in [6, 6.07) is -5.06. The minimum absolute atomic E-state index is 0.0812. The fourth-order valence-corrected chi connectivity index (χ4v) is 16.9. The molecule has 22 N–H and O–H groups in total. The first-order valence-electron chi connectivity index (χ1n) is 44.0. The average molecular weight is 1890 g/mol. The number of nitrogens with two attached hydrogens (primary N) is 2. The standard InChI is InChI=1S/C88H119N19O26S/c1-7-9-20-65-81(126)96-57(28-31-72(114)115)78(123)102-64(76(121)93-42-69(90)110)44-134-45-70(111)94-60(34-47-23-25-50(108)26-24-47)84(129)103(4)46(3)75(120)99-62(38-74(118)119)87(132)106-33-15-22-66(106)82(127)101-63(39-89)80(125)97-58(29-32-73(116)117)86(131)107-43-51(109)37-68(107)83(128)98-59(35-48-40-91-54-18-13-11-16-52(48)54)79(124)95-56(27-30-71(112)113)77(122)100-61(36-49-41-92-55-19-14-12-17-53(49)55)85(130)105(6)67(21-10-8-2)88(133)104(65)5/h11-14,16-19,23-26,40-41,46,51,56-68,91-92,108-109H,7-10,15,20-22,27-39,42-45,89H2,1-6H3,(H2,90,110)(H,93,121)(H,94,111)(H,95,124)(H,96,126)(H,97,125)(H,98,128)(H,99,120)(H,100,122)(H,101,127)(H,102,123)(H,112,113)(H,114,115)(H,116,117)(H,118,119)/t46-,51+,56-,57-,58-,59-,60-,61-,62-,63-,64-,65-,66-,67-,68-/m0/s1. The van der Waals surface area contributed by atoms with E-state index in [4.69, 9.17) is 11.5 Å². The van der Waals surface area contributed by atoms with Crippen molar-refractivity contribution in [3.8, 4) is 5.75 Å². The van der Waals surface area contributed by atoms with Gasteiger partial charge in [0.05, 0.1) is 24.8 Å². The van der Waals surface area contributed by atoms with Crippen LogP contribution in [0.2, 0.25) is 0 Å². The highest BCUT2D eigenvalue weighted by atomic mass is 32.2. The number of fused-ring (bicyclic) bond motifs is 4. The number of carboxylic acid groups (broad SMARTS) is 4. The Morgan fingerprint density at radius 1 is 0.485 bits per heavy atom. The fourth-order valence-electron chi connectivity index (χ4n) is 16.1. The van der Waals surface area contributed by atoms with Crippen molar-refractivity contribution in [3.05, 3.63) is 102 Å². The number of hydrogen-bond acceptors (Lipinski definition) is 24. The Morgan fingerprint density at radius 3 is 1.52 bits per heavy atom. The minimum Gasteiger partial charge on any atom is -0.508 e. The molecule has 5 aromatic rings. The largest absolute Gasteiger partial charge is 0.508 e. The number of aliphatic hydroxyl groups excluding tert-OH is 1. The molecule has 46 heteroatoms. The molecule has 8 rings (SSSR count). The Labute approximate surface area is 773 Å². The fraction of sp³-hybridized carbons (Fsp3) is 0.523. The molecule has 2 aromatic heterocycles. The maximum atomic E-state index is 15.8. The van der Waals surface area contributed by atoms with Gasteiger partial charge in [0.25, 0.3) is 0 Å². The summed E-state index contributed by atoms with van der Waals surface area (Å²) in [5.41, 5.74) is 13.8. The number of hydrogen-bond donors (Lipinski definition) is 20. The van der Waals surface area contributed by atoms with Crippen LogP contribution in [0.3, 0.4) is 0 Å². The number of carboxylic acids is 4. The molecule has 0 spiro atoms. The van der Waals surface area contributed by atoms with Crippen molar-refractivity contribution in [3.63, 3.8) is 0 Å². The lowest BCUT2D eigenvalue weighted by molar-refractivity contribution is -0.149. The molecule has 45 nitrogen and oxygen atoms in total. The van der Waals surface area contributed by atoms with Crippen LogP contribution in [-0.4, -0.2) is 333 Å². The second-order valence-electron chi connectivity index (χ2n) is 33.4. The number of thioether (sulfide) groups is 1. The van der Waals surface area contributed by atoms with Gasteiger partial charge in [0.15, 0.2) is 0 Å². The van der Waals surface area contributed by atoms with Crippen LogP contribution in [0.1, 0.15) is 140 Å². The van der Waals surface area contributed by atoms with Crippen molar-refractivity contribution in [1.29, 1.82) is 0 Å². The molecule has 0 bridgehead atoms. The van der Waals surface area contributed by atoms with Gasteiger partial charge in [0, 0.05) is 126 Å². The number of benzene rings is 3. The van der Waals surface area contributed by atoms with Crippen LogP contribution >= 0.6 is 11.8 Å². The Hall–Kier alpha value is -13.8. The number of aliphatic hydroxyl groups is 1. The number of amides is 16. The molecule has 0 unspecified atom stereocenters. The predicted molar refractivity (Wildman–Crippen MR) is 480 cm³/mol. The molecule has 15 atom stereocenters. The van der Waals surface area contributed by atoms with Crippen LogP contribution in [0.25, 0.3) is 21.8 Å².